The predicted molar refractivity (Wildman–Crippen MR) is 51.2 cm³/mol. The van der Waals surface area contributed by atoms with Gasteiger partial charge in [-0.25, -0.2) is 0 Å². The van der Waals surface area contributed by atoms with Gasteiger partial charge in [0.25, 0.3) is 0 Å². The summed E-state index contributed by atoms with van der Waals surface area (Å²) in [6, 6.07) is 0.306. The van der Waals surface area contributed by atoms with Gasteiger partial charge in [0.1, 0.15) is 6.42 Å². The summed E-state index contributed by atoms with van der Waals surface area (Å²) >= 11 is 0. The van der Waals surface area contributed by atoms with Crippen LogP contribution < -0.4 is 11.1 Å². The van der Waals surface area contributed by atoms with E-state index in [0.717, 1.165) is 12.3 Å². The summed E-state index contributed by atoms with van der Waals surface area (Å²) in [7, 11) is 0. The summed E-state index contributed by atoms with van der Waals surface area (Å²) in [6.07, 6.45) is 4.71. The molecule has 2 saturated carbocycles. The van der Waals surface area contributed by atoms with Gasteiger partial charge >= 0.3 is 0 Å². The molecule has 4 heteroatoms. The molecule has 0 aromatic carbocycles. The van der Waals surface area contributed by atoms with E-state index < -0.39 is 5.91 Å². The monoisotopic (exact) mass is 196 g/mol. The second-order valence-electron chi connectivity index (χ2n) is 4.49. The van der Waals surface area contributed by atoms with Gasteiger partial charge in [0.05, 0.1) is 0 Å². The fraction of sp³-hybridized carbons (Fsp3) is 0.800. The zero-order chi connectivity index (χ0) is 10.1. The lowest BCUT2D eigenvalue weighted by atomic mass is 9.95. The largest absolute Gasteiger partial charge is 0.369 e. The third kappa shape index (κ3) is 1.89. The Hall–Kier alpha value is -1.06. The average Bonchev–Trinajstić information content (AvgIpc) is 2.62. The van der Waals surface area contributed by atoms with Gasteiger partial charge in [-0.05, 0) is 31.1 Å². The van der Waals surface area contributed by atoms with Crippen LogP contribution in [0.2, 0.25) is 0 Å². The molecule has 0 aromatic rings. The average molecular weight is 196 g/mol. The number of amides is 2. The van der Waals surface area contributed by atoms with E-state index in [1.165, 1.54) is 19.3 Å². The molecule has 4 nitrogen and oxygen atoms in total. The van der Waals surface area contributed by atoms with Crippen LogP contribution in [0.4, 0.5) is 0 Å². The van der Waals surface area contributed by atoms with Gasteiger partial charge < -0.3 is 11.1 Å². The van der Waals surface area contributed by atoms with Crippen molar-refractivity contribution in [1.82, 2.24) is 5.32 Å². The quantitative estimate of drug-likeness (QED) is 0.631. The molecule has 14 heavy (non-hydrogen) atoms. The minimum Gasteiger partial charge on any atom is -0.369 e. The Kier molecular flexibility index (Phi) is 2.44. The van der Waals surface area contributed by atoms with Crippen molar-refractivity contribution < 1.29 is 9.59 Å². The van der Waals surface area contributed by atoms with Gasteiger partial charge in [-0.3, -0.25) is 9.59 Å². The van der Waals surface area contributed by atoms with Crippen molar-refractivity contribution >= 4 is 11.8 Å². The van der Waals surface area contributed by atoms with Crippen LogP contribution in [0.15, 0.2) is 0 Å². The van der Waals surface area contributed by atoms with Crippen LogP contribution in [-0.2, 0) is 9.59 Å². The van der Waals surface area contributed by atoms with Crippen LogP contribution in [0, 0.1) is 11.8 Å². The number of carbonyl (C=O) groups excluding carboxylic acids is 2. The van der Waals surface area contributed by atoms with Crippen molar-refractivity contribution in [3.63, 3.8) is 0 Å². The van der Waals surface area contributed by atoms with Gasteiger partial charge in [-0.15, -0.1) is 0 Å². The minimum absolute atomic E-state index is 0.173. The van der Waals surface area contributed by atoms with Crippen molar-refractivity contribution in [3.05, 3.63) is 0 Å². The van der Waals surface area contributed by atoms with Gasteiger partial charge in [0.2, 0.25) is 11.8 Å². The summed E-state index contributed by atoms with van der Waals surface area (Å²) in [5.41, 5.74) is 4.94. The van der Waals surface area contributed by atoms with Crippen LogP contribution in [0.3, 0.4) is 0 Å². The smallest absolute Gasteiger partial charge is 0.229 e. The number of hydrogen-bond acceptors (Lipinski definition) is 2. The topological polar surface area (TPSA) is 72.2 Å². The van der Waals surface area contributed by atoms with E-state index in [2.05, 4.69) is 5.32 Å². The predicted octanol–water partition coefficient (Wildman–Crippen LogP) is 0.167. The summed E-state index contributed by atoms with van der Waals surface area (Å²) in [5.74, 6) is 0.691. The van der Waals surface area contributed by atoms with Crippen molar-refractivity contribution in [2.75, 3.05) is 0 Å². The Balaban J connectivity index is 1.81. The van der Waals surface area contributed by atoms with Gasteiger partial charge in [-0.2, -0.15) is 0 Å². The first-order valence-corrected chi connectivity index (χ1v) is 5.23. The van der Waals surface area contributed by atoms with E-state index in [-0.39, 0.29) is 12.3 Å². The summed E-state index contributed by atoms with van der Waals surface area (Å²) in [4.78, 5) is 21.8. The molecule has 2 aliphatic rings. The van der Waals surface area contributed by atoms with Gasteiger partial charge in [-0.1, -0.05) is 6.42 Å². The third-order valence-corrected chi connectivity index (χ3v) is 3.42. The molecule has 3 atom stereocenters. The Morgan fingerprint density at radius 1 is 1.29 bits per heavy atom. The lowest BCUT2D eigenvalue weighted by Gasteiger charge is -2.22. The molecule has 78 valence electrons. The molecule has 2 aliphatic carbocycles. The normalized spacial score (nSPS) is 34.4. The highest BCUT2D eigenvalue weighted by Crippen LogP contribution is 2.44. The van der Waals surface area contributed by atoms with E-state index in [1.54, 1.807) is 0 Å². The molecule has 3 N–H and O–H groups in total. The highest BCUT2D eigenvalue weighted by molar-refractivity contribution is 5.96. The maximum Gasteiger partial charge on any atom is 0.229 e. The van der Waals surface area contributed by atoms with E-state index >= 15 is 0 Å². The first-order valence-electron chi connectivity index (χ1n) is 5.23. The molecule has 0 heterocycles. The molecule has 2 rings (SSSR count). The number of fused-ring (bicyclic) bond motifs is 2. The number of hydrogen-bond donors (Lipinski definition) is 2. The van der Waals surface area contributed by atoms with Crippen molar-refractivity contribution in [2.45, 2.75) is 38.1 Å². The molecule has 2 amide bonds. The lowest BCUT2D eigenvalue weighted by molar-refractivity contribution is -0.128. The first kappa shape index (κ1) is 9.49. The first-order chi connectivity index (χ1) is 6.65. The molecule has 0 spiro atoms. The lowest BCUT2D eigenvalue weighted by Crippen LogP contribution is -2.40. The molecule has 2 bridgehead atoms. The second-order valence-corrected chi connectivity index (χ2v) is 4.49. The standard InChI is InChI=1S/C10H16N2O2/c11-9(13)5-10(14)12-8-4-6-1-2-7(8)3-6/h6-8H,1-5H2,(H2,11,13)(H,12,14). The Bertz CT molecular complexity index is 265. The third-order valence-electron chi connectivity index (χ3n) is 3.42. The summed E-state index contributed by atoms with van der Waals surface area (Å²) < 4.78 is 0. The van der Waals surface area contributed by atoms with Crippen LogP contribution in [-0.4, -0.2) is 17.9 Å². The molecule has 2 fully saturated rings. The van der Waals surface area contributed by atoms with Crippen LogP contribution in [0.5, 0.6) is 0 Å². The fourth-order valence-electron chi connectivity index (χ4n) is 2.84. The van der Waals surface area contributed by atoms with Crippen LogP contribution in [0.1, 0.15) is 32.1 Å². The van der Waals surface area contributed by atoms with Crippen molar-refractivity contribution in [2.24, 2.45) is 17.6 Å². The van der Waals surface area contributed by atoms with E-state index in [4.69, 9.17) is 5.73 Å². The van der Waals surface area contributed by atoms with Crippen molar-refractivity contribution in [1.29, 1.82) is 0 Å². The maximum atomic E-state index is 11.3. The number of nitrogens with two attached hydrogens (primary N) is 1. The molecular formula is C10H16N2O2. The molecule has 0 radical (unpaired) electrons. The molecular weight excluding hydrogens is 180 g/mol. The summed E-state index contributed by atoms with van der Waals surface area (Å²) in [5, 5.41) is 2.90. The molecule has 0 saturated heterocycles. The number of nitrogens with one attached hydrogen (secondary N) is 1. The highest BCUT2D eigenvalue weighted by Gasteiger charge is 2.40. The Morgan fingerprint density at radius 3 is 2.57 bits per heavy atom. The van der Waals surface area contributed by atoms with E-state index in [0.29, 0.717) is 12.0 Å². The minimum atomic E-state index is -0.550. The molecule has 3 unspecified atom stereocenters. The van der Waals surface area contributed by atoms with Gasteiger partial charge in [0, 0.05) is 6.04 Å². The number of carbonyl (C=O) groups is 2. The maximum absolute atomic E-state index is 11.3. The molecule has 0 aliphatic heterocycles. The van der Waals surface area contributed by atoms with Crippen molar-refractivity contribution in [3.8, 4) is 0 Å². The van der Waals surface area contributed by atoms with E-state index in [1.807, 2.05) is 0 Å². The second kappa shape index (κ2) is 3.59. The number of primary amides is 1. The number of rotatable bonds is 3. The zero-order valence-corrected chi connectivity index (χ0v) is 8.16. The highest BCUT2D eigenvalue weighted by atomic mass is 16.2. The Labute approximate surface area is 83.2 Å². The molecule has 0 aromatic heterocycles. The fourth-order valence-corrected chi connectivity index (χ4v) is 2.84. The Morgan fingerprint density at radius 2 is 2.07 bits per heavy atom. The zero-order valence-electron chi connectivity index (χ0n) is 8.16. The van der Waals surface area contributed by atoms with E-state index in [9.17, 15) is 9.59 Å². The SMILES string of the molecule is NC(=O)CC(=O)NC1CC2CCC1C2. The van der Waals surface area contributed by atoms with Crippen LogP contribution in [0.25, 0.3) is 0 Å². The van der Waals surface area contributed by atoms with Gasteiger partial charge in [0.15, 0.2) is 0 Å². The summed E-state index contributed by atoms with van der Waals surface area (Å²) in [6.45, 7) is 0. The van der Waals surface area contributed by atoms with Crippen LogP contribution >= 0.6 is 0 Å².